The highest BCUT2D eigenvalue weighted by atomic mass is 16.5. The van der Waals surface area contributed by atoms with Gasteiger partial charge >= 0.3 is 0 Å². The third-order valence-corrected chi connectivity index (χ3v) is 6.25. The molecule has 2 bridgehead atoms. The number of furan rings is 1. The summed E-state index contributed by atoms with van der Waals surface area (Å²) >= 11 is 0. The van der Waals surface area contributed by atoms with Gasteiger partial charge in [0, 0.05) is 23.1 Å². The van der Waals surface area contributed by atoms with Crippen molar-refractivity contribution in [2.24, 2.45) is 0 Å². The topological polar surface area (TPSA) is 54.7 Å². The van der Waals surface area contributed by atoms with Gasteiger partial charge < -0.3 is 19.4 Å². The average molecular weight is 366 g/mol. The number of nitrogens with zero attached hydrogens (tertiary/aromatic N) is 1. The number of amides is 1. The number of nitrogens with one attached hydrogen (secondary N) is 1. The summed E-state index contributed by atoms with van der Waals surface area (Å²) in [5.41, 5.74) is 3.43. The molecule has 3 unspecified atom stereocenters. The Morgan fingerprint density at radius 1 is 1.41 bits per heavy atom. The Balaban J connectivity index is 1.64. The van der Waals surface area contributed by atoms with Gasteiger partial charge in [-0.2, -0.15) is 0 Å². The molecule has 5 nitrogen and oxygen atoms in total. The van der Waals surface area contributed by atoms with Crippen molar-refractivity contribution >= 4 is 12.0 Å². The molecule has 142 valence electrons. The van der Waals surface area contributed by atoms with E-state index in [1.807, 2.05) is 12.1 Å². The third-order valence-electron chi connectivity index (χ3n) is 6.25. The molecule has 1 N–H and O–H groups in total. The van der Waals surface area contributed by atoms with Crippen molar-refractivity contribution in [3.8, 4) is 5.75 Å². The van der Waals surface area contributed by atoms with Crippen LogP contribution in [0.15, 0.2) is 47.3 Å². The largest absolute Gasteiger partial charge is 0.497 e. The summed E-state index contributed by atoms with van der Waals surface area (Å²) in [7, 11) is 3.85. The number of ether oxygens (including phenoxy) is 1. The molecule has 1 aliphatic heterocycles. The lowest BCUT2D eigenvalue weighted by atomic mass is 9.61. The van der Waals surface area contributed by atoms with Crippen LogP contribution in [0.4, 0.5) is 0 Å². The number of hydrogen-bond donors (Lipinski definition) is 1. The van der Waals surface area contributed by atoms with Crippen LogP contribution in [0.1, 0.15) is 30.0 Å². The molecule has 4 rings (SSSR count). The van der Waals surface area contributed by atoms with Gasteiger partial charge in [-0.3, -0.25) is 4.79 Å². The second kappa shape index (κ2) is 6.89. The molecule has 1 amide bonds. The predicted molar refractivity (Wildman–Crippen MR) is 105 cm³/mol. The second-order valence-corrected chi connectivity index (χ2v) is 7.82. The molecule has 0 spiro atoms. The number of fused-ring (bicyclic) bond motifs is 4. The summed E-state index contributed by atoms with van der Waals surface area (Å²) in [6.07, 6.45) is 8.52. The van der Waals surface area contributed by atoms with E-state index < -0.39 is 0 Å². The summed E-state index contributed by atoms with van der Waals surface area (Å²) in [6, 6.07) is 8.53. The first kappa shape index (κ1) is 17.9. The van der Waals surface area contributed by atoms with E-state index in [2.05, 4.69) is 36.3 Å². The maximum absolute atomic E-state index is 12.6. The van der Waals surface area contributed by atoms with Crippen LogP contribution in [-0.4, -0.2) is 43.6 Å². The van der Waals surface area contributed by atoms with Gasteiger partial charge in [0.1, 0.15) is 5.75 Å². The Kier molecular flexibility index (Phi) is 4.56. The van der Waals surface area contributed by atoms with Crippen LogP contribution >= 0.6 is 0 Å². The van der Waals surface area contributed by atoms with Crippen LogP contribution < -0.4 is 10.1 Å². The summed E-state index contributed by atoms with van der Waals surface area (Å²) in [5, 5.41) is 3.29. The van der Waals surface area contributed by atoms with E-state index >= 15 is 0 Å². The molecule has 2 heterocycles. The zero-order valence-corrected chi connectivity index (χ0v) is 16.1. The first-order chi connectivity index (χ1) is 13.0. The Labute approximate surface area is 160 Å². The van der Waals surface area contributed by atoms with E-state index in [1.165, 1.54) is 11.1 Å². The van der Waals surface area contributed by atoms with Crippen molar-refractivity contribution in [2.45, 2.75) is 37.3 Å². The molecule has 3 atom stereocenters. The van der Waals surface area contributed by atoms with Crippen molar-refractivity contribution in [3.05, 3.63) is 59.6 Å². The summed E-state index contributed by atoms with van der Waals surface area (Å²) < 4.78 is 10.5. The normalized spacial score (nSPS) is 27.4. The van der Waals surface area contributed by atoms with Gasteiger partial charge in [-0.15, -0.1) is 0 Å². The fourth-order valence-corrected chi connectivity index (χ4v) is 4.60. The Morgan fingerprint density at radius 2 is 2.26 bits per heavy atom. The Morgan fingerprint density at radius 3 is 3.00 bits per heavy atom. The van der Waals surface area contributed by atoms with E-state index in [0.717, 1.165) is 30.7 Å². The van der Waals surface area contributed by atoms with E-state index in [9.17, 15) is 4.79 Å². The number of rotatable bonds is 4. The van der Waals surface area contributed by atoms with Crippen LogP contribution in [0.25, 0.3) is 6.08 Å². The zero-order valence-electron chi connectivity index (χ0n) is 16.1. The number of hydrogen-bond acceptors (Lipinski definition) is 4. The molecule has 1 aliphatic carbocycles. The number of carbonyl (C=O) groups is 1. The summed E-state index contributed by atoms with van der Waals surface area (Å²) in [4.78, 5) is 15.0. The highest BCUT2D eigenvalue weighted by Crippen LogP contribution is 2.45. The Bertz CT molecular complexity index is 858. The number of likely N-dealkylation sites (tertiary alicyclic amines) is 1. The number of methoxy groups -OCH3 is 1. The summed E-state index contributed by atoms with van der Waals surface area (Å²) in [6.45, 7) is 3.30. The highest BCUT2D eigenvalue weighted by Gasteiger charge is 2.50. The molecule has 27 heavy (non-hydrogen) atoms. The minimum Gasteiger partial charge on any atom is -0.497 e. The number of likely N-dealkylation sites (N-methyl/N-ethyl adjacent to an activating group) is 1. The van der Waals surface area contributed by atoms with E-state index in [4.69, 9.17) is 9.15 Å². The molecule has 1 aromatic heterocycles. The van der Waals surface area contributed by atoms with Gasteiger partial charge in [-0.25, -0.2) is 0 Å². The highest BCUT2D eigenvalue weighted by molar-refractivity contribution is 5.92. The zero-order chi connectivity index (χ0) is 19.0. The number of benzene rings is 1. The molecule has 0 radical (unpaired) electrons. The van der Waals surface area contributed by atoms with Crippen molar-refractivity contribution < 1.29 is 13.9 Å². The third kappa shape index (κ3) is 3.16. The minimum absolute atomic E-state index is 0.0531. The quantitative estimate of drug-likeness (QED) is 0.845. The van der Waals surface area contributed by atoms with Crippen molar-refractivity contribution in [3.63, 3.8) is 0 Å². The molecule has 1 saturated heterocycles. The maximum Gasteiger partial charge on any atom is 0.244 e. The summed E-state index contributed by atoms with van der Waals surface area (Å²) in [5.74, 6) is 0.802. The van der Waals surface area contributed by atoms with Gasteiger partial charge in [0.05, 0.1) is 25.7 Å². The van der Waals surface area contributed by atoms with Gasteiger partial charge in [0.15, 0.2) is 0 Å². The standard InChI is InChI=1S/C22H26N2O3/c1-22-9-10-24(2)19(12-16-5-6-17(26-3)13-18(16)22)21(22)23-20(25)7-4-15-8-11-27-14-15/h4-8,11,13-14,19,21H,9-10,12H2,1-3H3,(H,23,25). The average Bonchev–Trinajstić information content (AvgIpc) is 3.19. The van der Waals surface area contributed by atoms with Crippen LogP contribution in [0.3, 0.4) is 0 Å². The number of carbonyl (C=O) groups excluding carboxylic acids is 1. The lowest BCUT2D eigenvalue weighted by Gasteiger charge is -2.54. The van der Waals surface area contributed by atoms with Gasteiger partial charge in [-0.05, 0) is 61.8 Å². The molecule has 2 aliphatic rings. The lowest BCUT2D eigenvalue weighted by molar-refractivity contribution is -0.118. The maximum atomic E-state index is 12.6. The first-order valence-corrected chi connectivity index (χ1v) is 9.39. The molecule has 0 saturated carbocycles. The number of piperidine rings is 1. The molecule has 1 aromatic carbocycles. The van der Waals surface area contributed by atoms with Crippen LogP contribution in [0.5, 0.6) is 5.75 Å². The lowest BCUT2D eigenvalue weighted by Crippen LogP contribution is -2.66. The van der Waals surface area contributed by atoms with Crippen LogP contribution in [-0.2, 0) is 16.6 Å². The van der Waals surface area contributed by atoms with Crippen molar-refractivity contribution in [1.29, 1.82) is 0 Å². The molecular formula is C22H26N2O3. The minimum atomic E-state index is -0.113. The molecule has 2 aromatic rings. The van der Waals surface area contributed by atoms with E-state index in [-0.39, 0.29) is 23.4 Å². The van der Waals surface area contributed by atoms with Crippen LogP contribution in [0.2, 0.25) is 0 Å². The van der Waals surface area contributed by atoms with Crippen molar-refractivity contribution in [1.82, 2.24) is 10.2 Å². The smallest absolute Gasteiger partial charge is 0.244 e. The monoisotopic (exact) mass is 366 g/mol. The van der Waals surface area contributed by atoms with Crippen molar-refractivity contribution in [2.75, 3.05) is 20.7 Å². The van der Waals surface area contributed by atoms with Gasteiger partial charge in [0.2, 0.25) is 5.91 Å². The molecule has 1 fully saturated rings. The molecule has 5 heteroatoms. The first-order valence-electron chi connectivity index (χ1n) is 9.39. The molecular weight excluding hydrogens is 340 g/mol. The predicted octanol–water partition coefficient (Wildman–Crippen LogP) is 3.00. The van der Waals surface area contributed by atoms with Gasteiger partial charge in [-0.1, -0.05) is 13.0 Å². The fraction of sp³-hybridized carbons (Fsp3) is 0.409. The van der Waals surface area contributed by atoms with Crippen LogP contribution in [0, 0.1) is 0 Å². The van der Waals surface area contributed by atoms with Gasteiger partial charge in [0.25, 0.3) is 0 Å². The Hall–Kier alpha value is -2.53. The fourth-order valence-electron chi connectivity index (χ4n) is 4.60. The van der Waals surface area contributed by atoms with E-state index in [0.29, 0.717) is 0 Å². The SMILES string of the molecule is COc1ccc2c(c1)C1(C)CCN(C)C(C2)C1NC(=O)C=Cc1ccoc1. The second-order valence-electron chi connectivity index (χ2n) is 7.82. The van der Waals surface area contributed by atoms with E-state index in [1.54, 1.807) is 31.8 Å².